The monoisotopic (exact) mass is 266 g/mol. The predicted octanol–water partition coefficient (Wildman–Crippen LogP) is 2.87. The van der Waals surface area contributed by atoms with E-state index in [0.29, 0.717) is 27.7 Å². The molecule has 0 bridgehead atoms. The van der Waals surface area contributed by atoms with Gasteiger partial charge in [-0.1, -0.05) is 11.6 Å². The number of hydrogen-bond donors (Lipinski definition) is 2. The van der Waals surface area contributed by atoms with Crippen molar-refractivity contribution in [3.05, 3.63) is 34.6 Å². The standard InChI is InChI=1S/C12H12ClFN4/c1-6-3-8(13)7(4-9(6)14)10-5-11(16-2)18-12(15)17-10/h3-5H,1-2H3,(H3,15,16,17,18). The predicted molar refractivity (Wildman–Crippen MR) is 71.1 cm³/mol. The van der Waals surface area contributed by atoms with E-state index >= 15 is 0 Å². The molecule has 0 radical (unpaired) electrons. The Bertz CT molecular complexity index is 601. The first kappa shape index (κ1) is 12.6. The fraction of sp³-hybridized carbons (Fsp3) is 0.167. The van der Waals surface area contributed by atoms with Crippen molar-refractivity contribution in [1.82, 2.24) is 9.97 Å². The third kappa shape index (κ3) is 2.36. The van der Waals surface area contributed by atoms with Crippen molar-refractivity contribution in [1.29, 1.82) is 0 Å². The molecule has 0 atom stereocenters. The molecule has 1 heterocycles. The van der Waals surface area contributed by atoms with Crippen LogP contribution in [0, 0.1) is 12.7 Å². The first-order valence-electron chi connectivity index (χ1n) is 5.29. The van der Waals surface area contributed by atoms with Crippen LogP contribution in [-0.4, -0.2) is 17.0 Å². The van der Waals surface area contributed by atoms with E-state index in [4.69, 9.17) is 17.3 Å². The lowest BCUT2D eigenvalue weighted by Crippen LogP contribution is -2.01. The van der Waals surface area contributed by atoms with E-state index in [9.17, 15) is 4.39 Å². The van der Waals surface area contributed by atoms with Crippen LogP contribution in [0.5, 0.6) is 0 Å². The average Bonchev–Trinajstić information content (AvgIpc) is 2.33. The minimum atomic E-state index is -0.336. The molecule has 2 rings (SSSR count). The summed E-state index contributed by atoms with van der Waals surface area (Å²) in [4.78, 5) is 8.03. The van der Waals surface area contributed by atoms with Crippen LogP contribution in [0.1, 0.15) is 5.56 Å². The summed E-state index contributed by atoms with van der Waals surface area (Å²) in [6.07, 6.45) is 0. The van der Waals surface area contributed by atoms with Gasteiger partial charge in [-0.15, -0.1) is 0 Å². The summed E-state index contributed by atoms with van der Waals surface area (Å²) in [5.41, 5.74) is 7.05. The van der Waals surface area contributed by atoms with Crippen molar-refractivity contribution >= 4 is 23.4 Å². The number of nitrogens with one attached hydrogen (secondary N) is 1. The molecule has 6 heteroatoms. The topological polar surface area (TPSA) is 63.8 Å². The first-order chi connectivity index (χ1) is 8.51. The number of nitrogens with zero attached hydrogens (tertiary/aromatic N) is 2. The fourth-order valence-corrected chi connectivity index (χ4v) is 1.89. The Balaban J connectivity index is 2.61. The summed E-state index contributed by atoms with van der Waals surface area (Å²) in [5.74, 6) is 0.320. The number of nitrogens with two attached hydrogens (primary N) is 1. The molecule has 0 aliphatic carbocycles. The normalized spacial score (nSPS) is 10.4. The summed E-state index contributed by atoms with van der Waals surface area (Å²) in [7, 11) is 1.71. The van der Waals surface area contributed by atoms with Gasteiger partial charge < -0.3 is 11.1 Å². The average molecular weight is 267 g/mol. The summed E-state index contributed by atoms with van der Waals surface area (Å²) >= 11 is 6.10. The SMILES string of the molecule is CNc1cc(-c2cc(F)c(C)cc2Cl)nc(N)n1. The van der Waals surface area contributed by atoms with Gasteiger partial charge in [0, 0.05) is 18.7 Å². The second kappa shape index (κ2) is 4.78. The molecule has 94 valence electrons. The molecule has 0 amide bonds. The Morgan fingerprint density at radius 2 is 2.00 bits per heavy atom. The molecule has 0 spiro atoms. The van der Waals surface area contributed by atoms with Crippen molar-refractivity contribution in [2.24, 2.45) is 0 Å². The zero-order valence-corrected chi connectivity index (χ0v) is 10.7. The van der Waals surface area contributed by atoms with Gasteiger partial charge in [-0.05, 0) is 24.6 Å². The maximum absolute atomic E-state index is 13.6. The lowest BCUT2D eigenvalue weighted by molar-refractivity contribution is 0.619. The van der Waals surface area contributed by atoms with Crippen molar-refractivity contribution in [3.63, 3.8) is 0 Å². The zero-order chi connectivity index (χ0) is 13.3. The molecular formula is C12H12ClFN4. The van der Waals surface area contributed by atoms with Crippen molar-refractivity contribution < 1.29 is 4.39 Å². The molecular weight excluding hydrogens is 255 g/mol. The summed E-state index contributed by atoms with van der Waals surface area (Å²) < 4.78 is 13.6. The van der Waals surface area contributed by atoms with Gasteiger partial charge in [0.05, 0.1) is 10.7 Å². The molecule has 0 fully saturated rings. The Kier molecular flexibility index (Phi) is 3.34. The van der Waals surface area contributed by atoms with Gasteiger partial charge in [-0.3, -0.25) is 0 Å². The number of halogens is 2. The highest BCUT2D eigenvalue weighted by Gasteiger charge is 2.11. The number of hydrogen-bond acceptors (Lipinski definition) is 4. The molecule has 0 saturated carbocycles. The Morgan fingerprint density at radius 1 is 1.28 bits per heavy atom. The minimum Gasteiger partial charge on any atom is -0.373 e. The second-order valence-corrected chi connectivity index (χ2v) is 4.24. The third-order valence-corrected chi connectivity index (χ3v) is 2.84. The number of aryl methyl sites for hydroxylation is 1. The quantitative estimate of drug-likeness (QED) is 0.877. The van der Waals surface area contributed by atoms with E-state index in [1.54, 1.807) is 26.1 Å². The van der Waals surface area contributed by atoms with Crippen LogP contribution in [0.3, 0.4) is 0 Å². The van der Waals surface area contributed by atoms with Gasteiger partial charge in [0.2, 0.25) is 5.95 Å². The second-order valence-electron chi connectivity index (χ2n) is 3.83. The van der Waals surface area contributed by atoms with Gasteiger partial charge in [-0.2, -0.15) is 4.98 Å². The number of anilines is 2. The lowest BCUT2D eigenvalue weighted by atomic mass is 10.1. The Morgan fingerprint density at radius 3 is 2.67 bits per heavy atom. The summed E-state index contributed by atoms with van der Waals surface area (Å²) in [6, 6.07) is 4.56. The number of nitrogen functional groups attached to an aromatic ring is 1. The minimum absolute atomic E-state index is 0.105. The largest absolute Gasteiger partial charge is 0.373 e. The van der Waals surface area contributed by atoms with Crippen molar-refractivity contribution in [3.8, 4) is 11.3 Å². The van der Waals surface area contributed by atoms with E-state index in [1.165, 1.54) is 6.07 Å². The highest BCUT2D eigenvalue weighted by molar-refractivity contribution is 6.33. The van der Waals surface area contributed by atoms with E-state index in [-0.39, 0.29) is 11.8 Å². The number of rotatable bonds is 2. The highest BCUT2D eigenvalue weighted by atomic mass is 35.5. The maximum Gasteiger partial charge on any atom is 0.222 e. The Labute approximate surface area is 109 Å². The van der Waals surface area contributed by atoms with E-state index in [0.717, 1.165) is 0 Å². The van der Waals surface area contributed by atoms with E-state index in [1.807, 2.05) is 0 Å². The van der Waals surface area contributed by atoms with Gasteiger partial charge in [0.25, 0.3) is 0 Å². The maximum atomic E-state index is 13.6. The van der Waals surface area contributed by atoms with Crippen molar-refractivity contribution in [2.75, 3.05) is 18.1 Å². The number of aromatic nitrogens is 2. The van der Waals surface area contributed by atoms with Crippen LogP contribution in [0.25, 0.3) is 11.3 Å². The molecule has 4 nitrogen and oxygen atoms in total. The molecule has 0 unspecified atom stereocenters. The van der Waals surface area contributed by atoms with Crippen LogP contribution in [0.2, 0.25) is 5.02 Å². The van der Waals surface area contributed by atoms with Gasteiger partial charge >= 0.3 is 0 Å². The molecule has 1 aromatic carbocycles. The fourth-order valence-electron chi connectivity index (χ4n) is 1.57. The van der Waals surface area contributed by atoms with E-state index in [2.05, 4.69) is 15.3 Å². The van der Waals surface area contributed by atoms with Crippen molar-refractivity contribution in [2.45, 2.75) is 6.92 Å². The molecule has 1 aromatic heterocycles. The first-order valence-corrected chi connectivity index (χ1v) is 5.67. The number of benzene rings is 1. The van der Waals surface area contributed by atoms with E-state index < -0.39 is 0 Å². The van der Waals surface area contributed by atoms with Crippen LogP contribution in [0.15, 0.2) is 18.2 Å². The summed E-state index contributed by atoms with van der Waals surface area (Å²) in [6.45, 7) is 1.65. The van der Waals surface area contributed by atoms with Crippen LogP contribution >= 0.6 is 11.6 Å². The molecule has 0 saturated heterocycles. The summed E-state index contributed by atoms with van der Waals surface area (Å²) in [5, 5.41) is 3.28. The lowest BCUT2D eigenvalue weighted by Gasteiger charge is -2.08. The molecule has 18 heavy (non-hydrogen) atoms. The molecule has 2 aromatic rings. The molecule has 0 aliphatic heterocycles. The zero-order valence-electron chi connectivity index (χ0n) is 9.96. The van der Waals surface area contributed by atoms with Crippen LogP contribution in [0.4, 0.5) is 16.2 Å². The van der Waals surface area contributed by atoms with Crippen LogP contribution in [-0.2, 0) is 0 Å². The van der Waals surface area contributed by atoms with Gasteiger partial charge in [0.15, 0.2) is 0 Å². The third-order valence-electron chi connectivity index (χ3n) is 2.52. The highest BCUT2D eigenvalue weighted by Crippen LogP contribution is 2.30. The molecule has 3 N–H and O–H groups in total. The van der Waals surface area contributed by atoms with Gasteiger partial charge in [-0.25, -0.2) is 9.37 Å². The molecule has 0 aliphatic rings. The van der Waals surface area contributed by atoms with Gasteiger partial charge in [0.1, 0.15) is 11.6 Å². The Hall–Kier alpha value is -1.88. The smallest absolute Gasteiger partial charge is 0.222 e. The van der Waals surface area contributed by atoms with Crippen LogP contribution < -0.4 is 11.1 Å².